The smallest absolute Gasteiger partial charge is 0.222 e. The number of carbonyl (C=O) groups excluding carboxylic acids is 1. The molecule has 1 amide bonds. The third-order valence-corrected chi connectivity index (χ3v) is 4.61. The van der Waals surface area contributed by atoms with Crippen LogP contribution in [0, 0.1) is 0 Å². The maximum Gasteiger partial charge on any atom is 0.222 e. The van der Waals surface area contributed by atoms with Crippen molar-refractivity contribution in [2.75, 3.05) is 13.2 Å². The lowest BCUT2D eigenvalue weighted by Gasteiger charge is -2.36. The molecule has 2 fully saturated rings. The van der Waals surface area contributed by atoms with E-state index in [1.165, 1.54) is 6.42 Å². The third kappa shape index (κ3) is 3.84. The van der Waals surface area contributed by atoms with Gasteiger partial charge in [0, 0.05) is 32.0 Å². The SMILES string of the molecule is O=C(CCC1CCCO1)N1CCCCC1Cn1cccn1. The second-order valence-corrected chi connectivity index (χ2v) is 6.14. The van der Waals surface area contributed by atoms with Crippen molar-refractivity contribution < 1.29 is 9.53 Å². The fraction of sp³-hybridized carbons (Fsp3) is 0.750. The van der Waals surface area contributed by atoms with Crippen molar-refractivity contribution in [3.05, 3.63) is 18.5 Å². The largest absolute Gasteiger partial charge is 0.378 e. The molecule has 2 aliphatic heterocycles. The molecule has 0 aromatic carbocycles. The van der Waals surface area contributed by atoms with Gasteiger partial charge >= 0.3 is 0 Å². The maximum atomic E-state index is 12.5. The minimum Gasteiger partial charge on any atom is -0.378 e. The van der Waals surface area contributed by atoms with Gasteiger partial charge in [0.05, 0.1) is 18.7 Å². The third-order valence-electron chi connectivity index (χ3n) is 4.61. The fourth-order valence-electron chi connectivity index (χ4n) is 3.44. The minimum absolute atomic E-state index is 0.294. The zero-order valence-corrected chi connectivity index (χ0v) is 12.6. The van der Waals surface area contributed by atoms with E-state index in [1.807, 2.05) is 16.9 Å². The van der Waals surface area contributed by atoms with Crippen LogP contribution in [0.2, 0.25) is 0 Å². The van der Waals surface area contributed by atoms with Crippen molar-refractivity contribution >= 4 is 5.91 Å². The summed E-state index contributed by atoms with van der Waals surface area (Å²) in [5.41, 5.74) is 0. The normalized spacial score (nSPS) is 26.2. The van der Waals surface area contributed by atoms with E-state index < -0.39 is 0 Å². The number of rotatable bonds is 5. The van der Waals surface area contributed by atoms with Gasteiger partial charge in [-0.3, -0.25) is 9.48 Å². The topological polar surface area (TPSA) is 47.4 Å². The molecule has 21 heavy (non-hydrogen) atoms. The summed E-state index contributed by atoms with van der Waals surface area (Å²) in [7, 11) is 0. The summed E-state index contributed by atoms with van der Waals surface area (Å²) in [6, 6.07) is 2.24. The van der Waals surface area contributed by atoms with E-state index in [4.69, 9.17) is 4.74 Å². The van der Waals surface area contributed by atoms with E-state index >= 15 is 0 Å². The van der Waals surface area contributed by atoms with Gasteiger partial charge in [-0.2, -0.15) is 5.10 Å². The van der Waals surface area contributed by atoms with E-state index in [0.717, 1.165) is 51.8 Å². The first-order valence-electron chi connectivity index (χ1n) is 8.21. The second kappa shape index (κ2) is 7.07. The molecule has 1 aromatic rings. The minimum atomic E-state index is 0.294. The Morgan fingerprint density at radius 2 is 2.24 bits per heavy atom. The van der Waals surface area contributed by atoms with Gasteiger partial charge in [0.15, 0.2) is 0 Å². The first-order valence-corrected chi connectivity index (χ1v) is 8.21. The highest BCUT2D eigenvalue weighted by Crippen LogP contribution is 2.22. The molecule has 3 rings (SSSR count). The molecule has 2 saturated heterocycles. The molecule has 0 aliphatic carbocycles. The van der Waals surface area contributed by atoms with E-state index in [0.29, 0.717) is 24.5 Å². The molecule has 5 nitrogen and oxygen atoms in total. The van der Waals surface area contributed by atoms with Crippen LogP contribution >= 0.6 is 0 Å². The Balaban J connectivity index is 1.53. The zero-order chi connectivity index (χ0) is 14.5. The number of amides is 1. The Hall–Kier alpha value is -1.36. The van der Waals surface area contributed by atoms with Gasteiger partial charge in [-0.1, -0.05) is 0 Å². The molecule has 0 saturated carbocycles. The molecule has 0 spiro atoms. The van der Waals surface area contributed by atoms with Gasteiger partial charge in [-0.25, -0.2) is 0 Å². The highest BCUT2D eigenvalue weighted by Gasteiger charge is 2.27. The maximum absolute atomic E-state index is 12.5. The van der Waals surface area contributed by atoms with Crippen LogP contribution in [0.25, 0.3) is 0 Å². The summed E-state index contributed by atoms with van der Waals surface area (Å²) in [6.45, 7) is 2.58. The number of hydrogen-bond donors (Lipinski definition) is 0. The Morgan fingerprint density at radius 1 is 1.29 bits per heavy atom. The van der Waals surface area contributed by atoms with Gasteiger partial charge in [0.2, 0.25) is 5.91 Å². The lowest BCUT2D eigenvalue weighted by atomic mass is 10.0. The van der Waals surface area contributed by atoms with E-state index in [9.17, 15) is 4.79 Å². The number of likely N-dealkylation sites (tertiary alicyclic amines) is 1. The van der Waals surface area contributed by atoms with Crippen molar-refractivity contribution in [3.63, 3.8) is 0 Å². The van der Waals surface area contributed by atoms with Crippen molar-refractivity contribution in [1.82, 2.24) is 14.7 Å². The molecule has 3 heterocycles. The Labute approximate surface area is 126 Å². The highest BCUT2D eigenvalue weighted by molar-refractivity contribution is 5.76. The molecule has 0 bridgehead atoms. The van der Waals surface area contributed by atoms with Gasteiger partial charge < -0.3 is 9.64 Å². The highest BCUT2D eigenvalue weighted by atomic mass is 16.5. The molecule has 0 N–H and O–H groups in total. The van der Waals surface area contributed by atoms with Crippen LogP contribution in [0.3, 0.4) is 0 Å². The quantitative estimate of drug-likeness (QED) is 0.836. The Bertz CT molecular complexity index is 440. The van der Waals surface area contributed by atoms with Crippen molar-refractivity contribution in [2.45, 2.75) is 63.6 Å². The Morgan fingerprint density at radius 3 is 3.00 bits per heavy atom. The van der Waals surface area contributed by atoms with Crippen LogP contribution < -0.4 is 0 Å². The van der Waals surface area contributed by atoms with Crippen LogP contribution in [0.1, 0.15) is 44.9 Å². The van der Waals surface area contributed by atoms with E-state index in [1.54, 1.807) is 6.20 Å². The number of piperidine rings is 1. The van der Waals surface area contributed by atoms with Crippen LogP contribution in [-0.2, 0) is 16.1 Å². The average molecular weight is 291 g/mol. The van der Waals surface area contributed by atoms with Crippen LogP contribution in [0.5, 0.6) is 0 Å². The van der Waals surface area contributed by atoms with Crippen molar-refractivity contribution in [3.8, 4) is 0 Å². The van der Waals surface area contributed by atoms with Crippen molar-refractivity contribution in [1.29, 1.82) is 0 Å². The van der Waals surface area contributed by atoms with E-state index in [2.05, 4.69) is 10.00 Å². The van der Waals surface area contributed by atoms with Gasteiger partial charge in [-0.15, -0.1) is 0 Å². The molecular formula is C16H25N3O2. The molecule has 2 atom stereocenters. The van der Waals surface area contributed by atoms with Gasteiger partial charge in [0.1, 0.15) is 0 Å². The number of nitrogens with zero attached hydrogens (tertiary/aromatic N) is 3. The predicted molar refractivity (Wildman–Crippen MR) is 79.8 cm³/mol. The molecule has 0 radical (unpaired) electrons. The molecule has 1 aromatic heterocycles. The molecule has 5 heteroatoms. The second-order valence-electron chi connectivity index (χ2n) is 6.14. The van der Waals surface area contributed by atoms with Crippen LogP contribution in [0.15, 0.2) is 18.5 Å². The fourth-order valence-corrected chi connectivity index (χ4v) is 3.44. The number of ether oxygens (including phenoxy) is 1. The Kier molecular flexibility index (Phi) is 4.91. The summed E-state index contributed by atoms with van der Waals surface area (Å²) in [6.07, 6.45) is 11.3. The first-order chi connectivity index (χ1) is 10.3. The van der Waals surface area contributed by atoms with Gasteiger partial charge in [0.25, 0.3) is 0 Å². The zero-order valence-electron chi connectivity index (χ0n) is 12.6. The standard InChI is InChI=1S/C16H25N3O2/c20-16(8-7-15-6-3-12-21-15)19-11-2-1-5-14(19)13-18-10-4-9-17-18/h4,9-10,14-15H,1-3,5-8,11-13H2. The summed E-state index contributed by atoms with van der Waals surface area (Å²) < 4.78 is 7.56. The molecule has 2 unspecified atom stereocenters. The van der Waals surface area contributed by atoms with Crippen molar-refractivity contribution in [2.24, 2.45) is 0 Å². The summed E-state index contributed by atoms with van der Waals surface area (Å²) in [5.74, 6) is 0.294. The number of carbonyl (C=O) groups is 1. The van der Waals surface area contributed by atoms with Gasteiger partial charge in [-0.05, 0) is 44.6 Å². The summed E-state index contributed by atoms with van der Waals surface area (Å²) >= 11 is 0. The average Bonchev–Trinajstić information content (AvgIpc) is 3.18. The van der Waals surface area contributed by atoms with E-state index in [-0.39, 0.29) is 0 Å². The lowest BCUT2D eigenvalue weighted by molar-refractivity contribution is -0.135. The predicted octanol–water partition coefficient (Wildman–Crippen LogP) is 2.22. The molecule has 2 aliphatic rings. The summed E-state index contributed by atoms with van der Waals surface area (Å²) in [5, 5.41) is 4.27. The molecule has 116 valence electrons. The summed E-state index contributed by atoms with van der Waals surface area (Å²) in [4.78, 5) is 14.6. The van der Waals surface area contributed by atoms with Crippen LogP contribution in [0.4, 0.5) is 0 Å². The lowest BCUT2D eigenvalue weighted by Crippen LogP contribution is -2.46. The first kappa shape index (κ1) is 14.6. The molecular weight excluding hydrogens is 266 g/mol. The number of hydrogen-bond acceptors (Lipinski definition) is 3. The monoisotopic (exact) mass is 291 g/mol. The number of aromatic nitrogens is 2. The van der Waals surface area contributed by atoms with Crippen LogP contribution in [-0.4, -0.2) is 45.9 Å².